The van der Waals surface area contributed by atoms with Gasteiger partial charge in [0.15, 0.2) is 0 Å². The van der Waals surface area contributed by atoms with Gasteiger partial charge in [-0.25, -0.2) is 4.98 Å². The summed E-state index contributed by atoms with van der Waals surface area (Å²) in [6.45, 7) is 4.27. The summed E-state index contributed by atoms with van der Waals surface area (Å²) in [5.41, 5.74) is 6.92. The van der Waals surface area contributed by atoms with E-state index in [0.717, 1.165) is 11.6 Å². The number of imidazole rings is 1. The molecule has 1 aromatic rings. The van der Waals surface area contributed by atoms with Crippen molar-refractivity contribution in [2.24, 2.45) is 5.92 Å². The Balaban J connectivity index is 2.12. The zero-order valence-corrected chi connectivity index (χ0v) is 9.74. The third-order valence-electron chi connectivity index (χ3n) is 3.65. The largest absolute Gasteiger partial charge is 0.369 e. The van der Waals surface area contributed by atoms with Crippen molar-refractivity contribution >= 4 is 5.95 Å². The molecule has 0 aliphatic heterocycles. The van der Waals surface area contributed by atoms with Crippen LogP contribution in [0.2, 0.25) is 0 Å². The Bertz CT molecular complexity index is 324. The van der Waals surface area contributed by atoms with Crippen LogP contribution in [0.3, 0.4) is 0 Å². The average Bonchev–Trinajstić information content (AvgIpc) is 2.58. The molecule has 0 spiro atoms. The molecule has 84 valence electrons. The lowest BCUT2D eigenvalue weighted by Crippen LogP contribution is -2.20. The molecule has 2 N–H and O–H groups in total. The van der Waals surface area contributed by atoms with Crippen molar-refractivity contribution in [1.82, 2.24) is 9.55 Å². The first kappa shape index (κ1) is 10.5. The van der Waals surface area contributed by atoms with Gasteiger partial charge in [-0.3, -0.25) is 0 Å². The molecule has 1 aliphatic rings. The average molecular weight is 207 g/mol. The van der Waals surface area contributed by atoms with E-state index in [0.29, 0.717) is 12.0 Å². The van der Waals surface area contributed by atoms with Crippen LogP contribution in [0.25, 0.3) is 0 Å². The number of nitrogen functional groups attached to an aromatic ring is 1. The Labute approximate surface area is 91.7 Å². The molecule has 15 heavy (non-hydrogen) atoms. The zero-order chi connectivity index (χ0) is 10.8. The van der Waals surface area contributed by atoms with Gasteiger partial charge in [0, 0.05) is 12.2 Å². The highest BCUT2D eigenvalue weighted by Crippen LogP contribution is 2.33. The highest BCUT2D eigenvalue weighted by molar-refractivity contribution is 5.22. The lowest BCUT2D eigenvalue weighted by Gasteiger charge is -2.28. The minimum atomic E-state index is 0.506. The molecule has 1 fully saturated rings. The van der Waals surface area contributed by atoms with Crippen molar-refractivity contribution in [3.05, 3.63) is 11.9 Å². The first-order valence-corrected chi connectivity index (χ1v) is 5.99. The van der Waals surface area contributed by atoms with Gasteiger partial charge in [0.25, 0.3) is 0 Å². The molecule has 1 atom stereocenters. The summed E-state index contributed by atoms with van der Waals surface area (Å²) >= 11 is 0. The number of anilines is 1. The molecule has 1 unspecified atom stereocenters. The molecule has 1 heterocycles. The van der Waals surface area contributed by atoms with Gasteiger partial charge in [-0.05, 0) is 32.6 Å². The van der Waals surface area contributed by atoms with Gasteiger partial charge in [0.05, 0.1) is 5.69 Å². The summed E-state index contributed by atoms with van der Waals surface area (Å²) in [4.78, 5) is 4.27. The van der Waals surface area contributed by atoms with Crippen molar-refractivity contribution in [2.75, 3.05) is 5.73 Å². The predicted molar refractivity (Wildman–Crippen MR) is 62.7 cm³/mol. The van der Waals surface area contributed by atoms with E-state index in [4.69, 9.17) is 5.73 Å². The van der Waals surface area contributed by atoms with E-state index < -0.39 is 0 Å². The zero-order valence-electron chi connectivity index (χ0n) is 9.74. The second-order valence-corrected chi connectivity index (χ2v) is 4.79. The van der Waals surface area contributed by atoms with Crippen LogP contribution in [0.5, 0.6) is 0 Å². The van der Waals surface area contributed by atoms with Gasteiger partial charge in [0.2, 0.25) is 5.95 Å². The van der Waals surface area contributed by atoms with Crippen molar-refractivity contribution in [2.45, 2.75) is 52.0 Å². The van der Waals surface area contributed by atoms with E-state index in [1.54, 1.807) is 0 Å². The van der Waals surface area contributed by atoms with Crippen LogP contribution in [0.1, 0.15) is 50.8 Å². The number of nitrogens with zero attached hydrogens (tertiary/aromatic N) is 2. The lowest BCUT2D eigenvalue weighted by atomic mass is 9.84. The Morgan fingerprint density at radius 2 is 2.07 bits per heavy atom. The second-order valence-electron chi connectivity index (χ2n) is 4.79. The first-order chi connectivity index (χ1) is 7.18. The van der Waals surface area contributed by atoms with Gasteiger partial charge >= 0.3 is 0 Å². The van der Waals surface area contributed by atoms with E-state index in [2.05, 4.69) is 22.7 Å². The van der Waals surface area contributed by atoms with E-state index in [-0.39, 0.29) is 0 Å². The fourth-order valence-corrected chi connectivity index (χ4v) is 2.70. The molecule has 0 bridgehead atoms. The Hall–Kier alpha value is -0.990. The molecular weight excluding hydrogens is 186 g/mol. The molecule has 0 aromatic carbocycles. The number of aromatic nitrogens is 2. The fraction of sp³-hybridized carbons (Fsp3) is 0.750. The summed E-state index contributed by atoms with van der Waals surface area (Å²) in [5.74, 6) is 1.46. The maximum absolute atomic E-state index is 5.90. The maximum Gasteiger partial charge on any atom is 0.200 e. The smallest absolute Gasteiger partial charge is 0.200 e. The Morgan fingerprint density at radius 3 is 2.60 bits per heavy atom. The third kappa shape index (κ3) is 2.16. The van der Waals surface area contributed by atoms with E-state index in [1.807, 2.05) is 6.92 Å². The van der Waals surface area contributed by atoms with Crippen molar-refractivity contribution in [3.63, 3.8) is 0 Å². The van der Waals surface area contributed by atoms with Crippen molar-refractivity contribution < 1.29 is 0 Å². The number of aryl methyl sites for hydroxylation is 1. The van der Waals surface area contributed by atoms with Gasteiger partial charge in [0.1, 0.15) is 0 Å². The normalized spacial score (nSPS) is 20.4. The van der Waals surface area contributed by atoms with Crippen LogP contribution < -0.4 is 5.73 Å². The third-order valence-corrected chi connectivity index (χ3v) is 3.65. The summed E-state index contributed by atoms with van der Waals surface area (Å²) in [5, 5.41) is 0. The highest BCUT2D eigenvalue weighted by atomic mass is 15.2. The van der Waals surface area contributed by atoms with Crippen LogP contribution in [-0.2, 0) is 0 Å². The first-order valence-electron chi connectivity index (χ1n) is 5.99. The number of nitrogens with two attached hydrogens (primary N) is 1. The Kier molecular flexibility index (Phi) is 2.98. The van der Waals surface area contributed by atoms with Crippen LogP contribution in [0, 0.1) is 12.8 Å². The molecule has 1 saturated carbocycles. The van der Waals surface area contributed by atoms with Gasteiger partial charge in [-0.15, -0.1) is 0 Å². The molecule has 3 heteroatoms. The number of rotatable bonds is 2. The van der Waals surface area contributed by atoms with Crippen LogP contribution in [0.15, 0.2) is 6.20 Å². The summed E-state index contributed by atoms with van der Waals surface area (Å²) in [7, 11) is 0. The van der Waals surface area contributed by atoms with E-state index in [9.17, 15) is 0 Å². The SMILES string of the molecule is Cc1cn(C(C)C2CCCCC2)c(N)n1. The van der Waals surface area contributed by atoms with Crippen LogP contribution in [0.4, 0.5) is 5.95 Å². The fourth-order valence-electron chi connectivity index (χ4n) is 2.70. The molecule has 1 aromatic heterocycles. The topological polar surface area (TPSA) is 43.8 Å². The van der Waals surface area contributed by atoms with E-state index >= 15 is 0 Å². The molecule has 2 rings (SSSR count). The molecule has 0 radical (unpaired) electrons. The second kappa shape index (κ2) is 4.25. The molecule has 0 saturated heterocycles. The minimum absolute atomic E-state index is 0.506. The summed E-state index contributed by atoms with van der Waals surface area (Å²) < 4.78 is 2.14. The minimum Gasteiger partial charge on any atom is -0.369 e. The number of hydrogen-bond acceptors (Lipinski definition) is 2. The quantitative estimate of drug-likeness (QED) is 0.810. The van der Waals surface area contributed by atoms with E-state index in [1.165, 1.54) is 32.1 Å². The van der Waals surface area contributed by atoms with Crippen LogP contribution in [-0.4, -0.2) is 9.55 Å². The van der Waals surface area contributed by atoms with Crippen molar-refractivity contribution in [1.29, 1.82) is 0 Å². The lowest BCUT2D eigenvalue weighted by molar-refractivity contribution is 0.266. The molecule has 1 aliphatic carbocycles. The molecule has 3 nitrogen and oxygen atoms in total. The van der Waals surface area contributed by atoms with Gasteiger partial charge in [-0.1, -0.05) is 19.3 Å². The summed E-state index contributed by atoms with van der Waals surface area (Å²) in [6, 6.07) is 0.506. The van der Waals surface area contributed by atoms with Crippen molar-refractivity contribution in [3.8, 4) is 0 Å². The van der Waals surface area contributed by atoms with Gasteiger partial charge < -0.3 is 10.3 Å². The Morgan fingerprint density at radius 1 is 1.40 bits per heavy atom. The standard InChI is InChI=1S/C12H21N3/c1-9-8-15(12(13)14-9)10(2)11-6-4-3-5-7-11/h8,10-11H,3-7H2,1-2H3,(H2,13,14). The maximum atomic E-state index is 5.90. The molecular formula is C12H21N3. The van der Waals surface area contributed by atoms with Gasteiger partial charge in [-0.2, -0.15) is 0 Å². The number of hydrogen-bond donors (Lipinski definition) is 1. The monoisotopic (exact) mass is 207 g/mol. The predicted octanol–water partition coefficient (Wildman–Crippen LogP) is 2.92. The molecule has 0 amide bonds. The summed E-state index contributed by atoms with van der Waals surface area (Å²) in [6.07, 6.45) is 8.93. The van der Waals surface area contributed by atoms with Crippen LogP contribution >= 0.6 is 0 Å². The highest BCUT2D eigenvalue weighted by Gasteiger charge is 2.22.